The van der Waals surface area contributed by atoms with Gasteiger partial charge >= 0.3 is 0 Å². The number of Topliss-reactive ketones (excluding diaryl/α,β-unsaturated/α-hetero) is 1. The van der Waals surface area contributed by atoms with Crippen molar-refractivity contribution >= 4 is 21.7 Å². The highest BCUT2D eigenvalue weighted by Gasteiger charge is 2.27. The van der Waals surface area contributed by atoms with E-state index >= 15 is 0 Å². The second kappa shape index (κ2) is 10.4. The van der Waals surface area contributed by atoms with Gasteiger partial charge in [-0.2, -0.15) is 4.31 Å². The molecule has 0 atom stereocenters. The van der Waals surface area contributed by atoms with Crippen molar-refractivity contribution in [1.29, 1.82) is 0 Å². The highest BCUT2D eigenvalue weighted by molar-refractivity contribution is 7.89. The van der Waals surface area contributed by atoms with E-state index in [0.717, 1.165) is 30.0 Å². The zero-order valence-electron chi connectivity index (χ0n) is 19.1. The molecule has 1 amide bonds. The van der Waals surface area contributed by atoms with Crippen LogP contribution in [0.3, 0.4) is 0 Å². The van der Waals surface area contributed by atoms with Gasteiger partial charge in [-0.1, -0.05) is 42.0 Å². The fourth-order valence-electron chi connectivity index (χ4n) is 4.01. The second-order valence-electron chi connectivity index (χ2n) is 8.69. The number of amides is 1. The van der Waals surface area contributed by atoms with Gasteiger partial charge in [-0.05, 0) is 63.1 Å². The molecule has 0 N–H and O–H groups in total. The standard InChI is InChI=1S/C25H32N2O4S/c1-19-4-6-21(7-5-19)8-9-22-14-16-27(17-15-22)25(29)18-26(3)32(30,31)24-12-10-23(11-13-24)20(2)28/h4-7,10-13,22H,8-9,14-18H2,1-3H3. The Balaban J connectivity index is 1.49. The predicted octanol–water partition coefficient (Wildman–Crippen LogP) is 3.69. The average molecular weight is 457 g/mol. The molecule has 172 valence electrons. The highest BCUT2D eigenvalue weighted by Crippen LogP contribution is 2.23. The summed E-state index contributed by atoms with van der Waals surface area (Å²) in [5, 5.41) is 0. The molecule has 3 rings (SSSR count). The first-order valence-corrected chi connectivity index (χ1v) is 12.5. The maximum absolute atomic E-state index is 12.8. The van der Waals surface area contributed by atoms with Gasteiger partial charge in [-0.15, -0.1) is 0 Å². The Morgan fingerprint density at radius 3 is 2.16 bits per heavy atom. The summed E-state index contributed by atoms with van der Waals surface area (Å²) < 4.78 is 26.7. The largest absolute Gasteiger partial charge is 0.342 e. The minimum atomic E-state index is -3.79. The van der Waals surface area contributed by atoms with Crippen LogP contribution in [0.15, 0.2) is 53.4 Å². The molecule has 6 nitrogen and oxygen atoms in total. The van der Waals surface area contributed by atoms with Gasteiger partial charge in [0.2, 0.25) is 15.9 Å². The molecular formula is C25H32N2O4S. The highest BCUT2D eigenvalue weighted by atomic mass is 32.2. The normalized spacial score (nSPS) is 15.2. The summed E-state index contributed by atoms with van der Waals surface area (Å²) in [6, 6.07) is 14.4. The fraction of sp³-hybridized carbons (Fsp3) is 0.440. The number of sulfonamides is 1. The van der Waals surface area contributed by atoms with Crippen LogP contribution in [0.2, 0.25) is 0 Å². The molecule has 1 aliphatic rings. The zero-order valence-corrected chi connectivity index (χ0v) is 19.9. The minimum Gasteiger partial charge on any atom is -0.342 e. The van der Waals surface area contributed by atoms with E-state index in [0.29, 0.717) is 24.6 Å². The Labute approximate surface area is 191 Å². The number of rotatable bonds is 8. The van der Waals surface area contributed by atoms with Crippen LogP contribution in [0.1, 0.15) is 47.7 Å². The Morgan fingerprint density at radius 2 is 1.59 bits per heavy atom. The van der Waals surface area contributed by atoms with Crippen LogP contribution in [0, 0.1) is 12.8 Å². The number of likely N-dealkylation sites (tertiary alicyclic amines) is 1. The maximum atomic E-state index is 12.8. The Kier molecular flexibility index (Phi) is 7.85. The molecule has 0 unspecified atom stereocenters. The van der Waals surface area contributed by atoms with E-state index in [1.165, 1.54) is 49.4 Å². The molecule has 2 aromatic carbocycles. The summed E-state index contributed by atoms with van der Waals surface area (Å²) in [7, 11) is -2.38. The molecular weight excluding hydrogens is 424 g/mol. The number of carbonyl (C=O) groups is 2. The molecule has 0 saturated carbocycles. The minimum absolute atomic E-state index is 0.0765. The van der Waals surface area contributed by atoms with Crippen LogP contribution in [0.4, 0.5) is 0 Å². The van der Waals surface area contributed by atoms with Crippen LogP contribution in [0.25, 0.3) is 0 Å². The van der Waals surface area contributed by atoms with Crippen molar-refractivity contribution < 1.29 is 18.0 Å². The van der Waals surface area contributed by atoms with Crippen LogP contribution in [-0.4, -0.2) is 56.0 Å². The Bertz CT molecular complexity index is 1040. The molecule has 1 heterocycles. The number of hydrogen-bond donors (Lipinski definition) is 0. The first kappa shape index (κ1) is 24.1. The van der Waals surface area contributed by atoms with Crippen molar-refractivity contribution in [2.24, 2.45) is 5.92 Å². The molecule has 0 aromatic heterocycles. The zero-order chi connectivity index (χ0) is 23.3. The summed E-state index contributed by atoms with van der Waals surface area (Å²) in [4.78, 5) is 26.0. The van der Waals surface area contributed by atoms with Crippen molar-refractivity contribution in [2.45, 2.75) is 44.4 Å². The lowest BCUT2D eigenvalue weighted by Gasteiger charge is -2.33. The molecule has 0 aliphatic carbocycles. The van der Waals surface area contributed by atoms with Gasteiger partial charge < -0.3 is 4.90 Å². The first-order valence-electron chi connectivity index (χ1n) is 11.1. The lowest BCUT2D eigenvalue weighted by atomic mass is 9.90. The third kappa shape index (κ3) is 6.04. The number of carbonyl (C=O) groups excluding carboxylic acids is 2. The Morgan fingerprint density at radius 1 is 1.00 bits per heavy atom. The van der Waals surface area contributed by atoms with Crippen molar-refractivity contribution in [3.8, 4) is 0 Å². The maximum Gasteiger partial charge on any atom is 0.243 e. The predicted molar refractivity (Wildman–Crippen MR) is 125 cm³/mol. The molecule has 7 heteroatoms. The number of nitrogens with zero attached hydrogens (tertiary/aromatic N) is 2. The molecule has 0 spiro atoms. The smallest absolute Gasteiger partial charge is 0.243 e. The van der Waals surface area contributed by atoms with E-state index < -0.39 is 10.0 Å². The van der Waals surface area contributed by atoms with E-state index in [1.807, 2.05) is 0 Å². The van der Waals surface area contributed by atoms with E-state index in [2.05, 4.69) is 31.2 Å². The van der Waals surface area contributed by atoms with Crippen molar-refractivity contribution in [2.75, 3.05) is 26.7 Å². The van der Waals surface area contributed by atoms with Gasteiger partial charge in [0.1, 0.15) is 0 Å². The molecule has 0 radical (unpaired) electrons. The second-order valence-corrected chi connectivity index (χ2v) is 10.7. The Hall–Kier alpha value is -2.51. The monoisotopic (exact) mass is 456 g/mol. The summed E-state index contributed by atoms with van der Waals surface area (Å²) in [6.07, 6.45) is 4.04. The van der Waals surface area contributed by atoms with Gasteiger partial charge in [0.15, 0.2) is 5.78 Å². The number of ketones is 1. The van der Waals surface area contributed by atoms with Crippen LogP contribution in [-0.2, 0) is 21.2 Å². The number of aryl methyl sites for hydroxylation is 2. The third-order valence-electron chi connectivity index (χ3n) is 6.26. The van der Waals surface area contributed by atoms with E-state index in [1.54, 1.807) is 4.90 Å². The molecule has 1 saturated heterocycles. The van der Waals surface area contributed by atoms with E-state index in [4.69, 9.17) is 0 Å². The average Bonchev–Trinajstić information content (AvgIpc) is 2.79. The molecule has 0 bridgehead atoms. The van der Waals surface area contributed by atoms with Crippen molar-refractivity contribution in [1.82, 2.24) is 9.21 Å². The first-order chi connectivity index (χ1) is 15.2. The lowest BCUT2D eigenvalue weighted by Crippen LogP contribution is -2.44. The molecule has 32 heavy (non-hydrogen) atoms. The van der Waals surface area contributed by atoms with Gasteiger partial charge in [0, 0.05) is 25.7 Å². The topological polar surface area (TPSA) is 74.8 Å². The van der Waals surface area contributed by atoms with E-state index in [9.17, 15) is 18.0 Å². The summed E-state index contributed by atoms with van der Waals surface area (Å²) >= 11 is 0. The van der Waals surface area contributed by atoms with Gasteiger partial charge in [0.05, 0.1) is 11.4 Å². The quantitative estimate of drug-likeness (QED) is 0.568. The SMILES string of the molecule is CC(=O)c1ccc(S(=O)(=O)N(C)CC(=O)N2CCC(CCc3ccc(C)cc3)CC2)cc1. The molecule has 1 aliphatic heterocycles. The number of likely N-dealkylation sites (N-methyl/N-ethyl adjacent to an activating group) is 1. The van der Waals surface area contributed by atoms with Gasteiger partial charge in [-0.3, -0.25) is 9.59 Å². The number of hydrogen-bond acceptors (Lipinski definition) is 4. The molecule has 1 fully saturated rings. The van der Waals surface area contributed by atoms with E-state index in [-0.39, 0.29) is 23.1 Å². The summed E-state index contributed by atoms with van der Waals surface area (Å²) in [5.41, 5.74) is 3.06. The number of piperidine rings is 1. The van der Waals surface area contributed by atoms with Crippen molar-refractivity contribution in [3.05, 3.63) is 65.2 Å². The summed E-state index contributed by atoms with van der Waals surface area (Å²) in [6.45, 7) is 4.66. The molecule has 2 aromatic rings. The van der Waals surface area contributed by atoms with Gasteiger partial charge in [0.25, 0.3) is 0 Å². The fourth-order valence-corrected chi connectivity index (χ4v) is 5.13. The lowest BCUT2D eigenvalue weighted by molar-refractivity contribution is -0.132. The van der Waals surface area contributed by atoms with Crippen LogP contribution < -0.4 is 0 Å². The van der Waals surface area contributed by atoms with Crippen LogP contribution >= 0.6 is 0 Å². The van der Waals surface area contributed by atoms with Gasteiger partial charge in [-0.25, -0.2) is 8.42 Å². The summed E-state index contributed by atoms with van der Waals surface area (Å²) in [5.74, 6) is 0.287. The third-order valence-corrected chi connectivity index (χ3v) is 8.07. The van der Waals surface area contributed by atoms with Crippen molar-refractivity contribution in [3.63, 3.8) is 0 Å². The van der Waals surface area contributed by atoms with Crippen LogP contribution in [0.5, 0.6) is 0 Å². The number of benzene rings is 2.